The fourth-order valence-electron chi connectivity index (χ4n) is 2.41. The Morgan fingerprint density at radius 2 is 1.79 bits per heavy atom. The van der Waals surface area contributed by atoms with Crippen LogP contribution in [0.2, 0.25) is 0 Å². The lowest BCUT2D eigenvalue weighted by Crippen LogP contribution is -2.22. The van der Waals surface area contributed by atoms with Gasteiger partial charge in [0.1, 0.15) is 23.1 Å². The third kappa shape index (κ3) is 4.89. The molecule has 28 heavy (non-hydrogen) atoms. The van der Waals surface area contributed by atoms with Gasteiger partial charge in [-0.15, -0.1) is 11.3 Å². The second-order valence-electron chi connectivity index (χ2n) is 5.91. The number of rotatable bonds is 6. The maximum Gasteiger partial charge on any atom is 0.416 e. The highest BCUT2D eigenvalue weighted by Crippen LogP contribution is 2.29. The van der Waals surface area contributed by atoms with E-state index in [-0.39, 0.29) is 12.5 Å². The number of nitrogens with zero attached hydrogens (tertiary/aromatic N) is 1. The summed E-state index contributed by atoms with van der Waals surface area (Å²) in [5.41, 5.74) is 1.19. The third-order valence-electron chi connectivity index (χ3n) is 3.86. The minimum atomic E-state index is -4.35. The Bertz CT molecular complexity index is 935. The van der Waals surface area contributed by atoms with Crippen molar-refractivity contribution in [2.24, 2.45) is 0 Å². The minimum absolute atomic E-state index is 0.163. The van der Waals surface area contributed by atoms with Gasteiger partial charge in [0, 0.05) is 17.5 Å². The number of carbonyl (C=O) groups is 1. The molecule has 0 aliphatic heterocycles. The van der Waals surface area contributed by atoms with Gasteiger partial charge in [-0.3, -0.25) is 4.79 Å². The molecule has 146 valence electrons. The normalized spacial score (nSPS) is 11.3. The number of hydrogen-bond donors (Lipinski definition) is 1. The van der Waals surface area contributed by atoms with Gasteiger partial charge in [-0.05, 0) is 48.9 Å². The summed E-state index contributed by atoms with van der Waals surface area (Å²) in [5.74, 6) is 0.380. The van der Waals surface area contributed by atoms with E-state index < -0.39 is 11.7 Å². The van der Waals surface area contributed by atoms with Crippen LogP contribution < -0.4 is 10.1 Å². The summed E-state index contributed by atoms with van der Waals surface area (Å²) in [6.45, 7) is 2.54. The van der Waals surface area contributed by atoms with Crippen LogP contribution in [-0.2, 0) is 12.8 Å². The standard InChI is InChI=1S/C20H17F3N2O2S/c1-2-24-18(26)17-12-28-19(25-17)14-5-9-16(10-6-14)27-11-13-3-7-15(8-4-13)20(21,22)23/h3-10,12H,2,11H2,1H3,(H,24,26). The number of halogens is 3. The van der Waals surface area contributed by atoms with E-state index in [4.69, 9.17) is 4.74 Å². The largest absolute Gasteiger partial charge is 0.489 e. The molecule has 0 bridgehead atoms. The van der Waals surface area contributed by atoms with Crippen molar-refractivity contribution < 1.29 is 22.7 Å². The van der Waals surface area contributed by atoms with Gasteiger partial charge < -0.3 is 10.1 Å². The fourth-order valence-corrected chi connectivity index (χ4v) is 3.22. The van der Waals surface area contributed by atoms with Gasteiger partial charge in [-0.1, -0.05) is 12.1 Å². The maximum atomic E-state index is 12.6. The zero-order chi connectivity index (χ0) is 20.1. The van der Waals surface area contributed by atoms with Crippen molar-refractivity contribution in [2.75, 3.05) is 6.54 Å². The quantitative estimate of drug-likeness (QED) is 0.615. The Hall–Kier alpha value is -2.87. The van der Waals surface area contributed by atoms with E-state index in [0.29, 0.717) is 23.6 Å². The molecule has 0 spiro atoms. The predicted octanol–water partition coefficient (Wildman–Crippen LogP) is 5.16. The number of thiazole rings is 1. The predicted molar refractivity (Wildman–Crippen MR) is 101 cm³/mol. The van der Waals surface area contributed by atoms with Crippen molar-refractivity contribution in [1.82, 2.24) is 10.3 Å². The van der Waals surface area contributed by atoms with E-state index in [1.807, 2.05) is 19.1 Å². The van der Waals surface area contributed by atoms with Crippen LogP contribution in [0.5, 0.6) is 5.75 Å². The fraction of sp³-hybridized carbons (Fsp3) is 0.200. The van der Waals surface area contributed by atoms with Crippen LogP contribution in [0.25, 0.3) is 10.6 Å². The number of amides is 1. The van der Waals surface area contributed by atoms with E-state index in [9.17, 15) is 18.0 Å². The smallest absolute Gasteiger partial charge is 0.416 e. The van der Waals surface area contributed by atoms with E-state index in [0.717, 1.165) is 22.7 Å². The van der Waals surface area contributed by atoms with Crippen molar-refractivity contribution in [3.8, 4) is 16.3 Å². The number of alkyl halides is 3. The molecule has 3 rings (SSSR count). The van der Waals surface area contributed by atoms with E-state index >= 15 is 0 Å². The van der Waals surface area contributed by atoms with Gasteiger partial charge in [0.2, 0.25) is 0 Å². The van der Waals surface area contributed by atoms with Crippen LogP contribution >= 0.6 is 11.3 Å². The lowest BCUT2D eigenvalue weighted by atomic mass is 10.1. The molecule has 0 atom stereocenters. The molecule has 1 N–H and O–H groups in total. The molecule has 1 aromatic heterocycles. The van der Waals surface area contributed by atoms with Gasteiger partial charge >= 0.3 is 6.18 Å². The number of ether oxygens (including phenoxy) is 1. The van der Waals surface area contributed by atoms with Gasteiger partial charge in [0.15, 0.2) is 0 Å². The highest BCUT2D eigenvalue weighted by molar-refractivity contribution is 7.13. The van der Waals surface area contributed by atoms with Crippen LogP contribution in [0.4, 0.5) is 13.2 Å². The molecule has 0 radical (unpaired) electrons. The third-order valence-corrected chi connectivity index (χ3v) is 4.75. The van der Waals surface area contributed by atoms with Crippen molar-refractivity contribution in [3.63, 3.8) is 0 Å². The summed E-state index contributed by atoms with van der Waals surface area (Å²) in [7, 11) is 0. The summed E-state index contributed by atoms with van der Waals surface area (Å²) in [5, 5.41) is 5.12. The number of nitrogens with one attached hydrogen (secondary N) is 1. The van der Waals surface area contributed by atoms with Crippen molar-refractivity contribution in [3.05, 3.63) is 70.7 Å². The van der Waals surface area contributed by atoms with Gasteiger partial charge in [-0.25, -0.2) is 4.98 Å². The molecule has 0 saturated heterocycles. The lowest BCUT2D eigenvalue weighted by Gasteiger charge is -2.09. The van der Waals surface area contributed by atoms with E-state index in [2.05, 4.69) is 10.3 Å². The second kappa shape index (κ2) is 8.43. The Morgan fingerprint density at radius 1 is 1.11 bits per heavy atom. The van der Waals surface area contributed by atoms with Crippen molar-refractivity contribution >= 4 is 17.2 Å². The first-order valence-electron chi connectivity index (χ1n) is 8.50. The summed E-state index contributed by atoms with van der Waals surface area (Å²) >= 11 is 1.37. The molecule has 1 heterocycles. The molecule has 0 aliphatic carbocycles. The monoisotopic (exact) mass is 406 g/mol. The SMILES string of the molecule is CCNC(=O)c1csc(-c2ccc(OCc3ccc(C(F)(F)F)cc3)cc2)n1. The molecule has 0 saturated carbocycles. The molecule has 0 fully saturated rings. The molecule has 0 aliphatic rings. The molecular formula is C20H17F3N2O2S. The average molecular weight is 406 g/mol. The average Bonchev–Trinajstić information content (AvgIpc) is 3.17. The van der Waals surface area contributed by atoms with Crippen LogP contribution in [-0.4, -0.2) is 17.4 Å². The van der Waals surface area contributed by atoms with Gasteiger partial charge in [0.05, 0.1) is 5.56 Å². The number of benzene rings is 2. The summed E-state index contributed by atoms with van der Waals surface area (Å²) in [6.07, 6.45) is -4.35. The zero-order valence-electron chi connectivity index (χ0n) is 14.9. The zero-order valence-corrected chi connectivity index (χ0v) is 15.7. The highest BCUT2D eigenvalue weighted by Gasteiger charge is 2.29. The van der Waals surface area contributed by atoms with Crippen LogP contribution in [0.1, 0.15) is 28.5 Å². The van der Waals surface area contributed by atoms with E-state index in [1.165, 1.54) is 23.5 Å². The molecule has 4 nitrogen and oxygen atoms in total. The molecular weight excluding hydrogens is 389 g/mol. The van der Waals surface area contributed by atoms with Gasteiger partial charge in [-0.2, -0.15) is 13.2 Å². The summed E-state index contributed by atoms with van der Waals surface area (Å²) in [6, 6.07) is 12.0. The number of hydrogen-bond acceptors (Lipinski definition) is 4. The highest BCUT2D eigenvalue weighted by atomic mass is 32.1. The Morgan fingerprint density at radius 3 is 2.39 bits per heavy atom. The van der Waals surface area contributed by atoms with E-state index in [1.54, 1.807) is 17.5 Å². The second-order valence-corrected chi connectivity index (χ2v) is 6.76. The van der Waals surface area contributed by atoms with Gasteiger partial charge in [0.25, 0.3) is 5.91 Å². The van der Waals surface area contributed by atoms with Crippen LogP contribution in [0.15, 0.2) is 53.9 Å². The summed E-state index contributed by atoms with van der Waals surface area (Å²) < 4.78 is 43.3. The van der Waals surface area contributed by atoms with Crippen LogP contribution in [0, 0.1) is 0 Å². The van der Waals surface area contributed by atoms with Crippen molar-refractivity contribution in [1.29, 1.82) is 0 Å². The maximum absolute atomic E-state index is 12.6. The Balaban J connectivity index is 1.61. The number of carbonyl (C=O) groups excluding carboxylic acids is 1. The van der Waals surface area contributed by atoms with Crippen LogP contribution in [0.3, 0.4) is 0 Å². The van der Waals surface area contributed by atoms with Crippen molar-refractivity contribution in [2.45, 2.75) is 19.7 Å². The Labute approximate surface area is 164 Å². The molecule has 8 heteroatoms. The molecule has 3 aromatic rings. The first kappa shape index (κ1) is 19.9. The first-order valence-corrected chi connectivity index (χ1v) is 9.38. The first-order chi connectivity index (χ1) is 13.4. The molecule has 1 amide bonds. The molecule has 0 unspecified atom stereocenters. The summed E-state index contributed by atoms with van der Waals surface area (Å²) in [4.78, 5) is 16.1. The topological polar surface area (TPSA) is 51.2 Å². The lowest BCUT2D eigenvalue weighted by molar-refractivity contribution is -0.137. The molecule has 2 aromatic carbocycles. The number of aromatic nitrogens is 1. The minimum Gasteiger partial charge on any atom is -0.489 e. The Kier molecular flexibility index (Phi) is 5.99.